The van der Waals surface area contributed by atoms with Gasteiger partial charge in [0.1, 0.15) is 0 Å². The molecule has 8 heteroatoms. The van der Waals surface area contributed by atoms with Gasteiger partial charge >= 0.3 is 0 Å². The molecule has 0 atom stereocenters. The minimum atomic E-state index is -0.522. The quantitative estimate of drug-likeness (QED) is 0.253. The largest absolute Gasteiger partial charge is 0.454 e. The third-order valence-corrected chi connectivity index (χ3v) is 4.37. The highest BCUT2D eigenvalue weighted by molar-refractivity contribution is 5.88. The fraction of sp³-hybridized carbons (Fsp3) is 0.579. The maximum Gasteiger partial charge on any atom is 0.282 e. The number of carbonyl (C=O) groups is 1. The normalized spacial score (nSPS) is 12.5. The number of unbranched alkanes of at least 4 members (excludes halogenated alkanes) is 7. The van der Waals surface area contributed by atoms with E-state index < -0.39 is 4.92 Å². The van der Waals surface area contributed by atoms with Gasteiger partial charge in [-0.1, -0.05) is 51.9 Å². The van der Waals surface area contributed by atoms with E-state index in [4.69, 9.17) is 9.47 Å². The summed E-state index contributed by atoms with van der Waals surface area (Å²) in [5, 5.41) is 15.0. The van der Waals surface area contributed by atoms with E-state index in [1.807, 2.05) is 0 Å². The summed E-state index contributed by atoms with van der Waals surface area (Å²) in [4.78, 5) is 22.5. The smallest absolute Gasteiger partial charge is 0.282 e. The summed E-state index contributed by atoms with van der Waals surface area (Å²) in [6.07, 6.45) is 10.9. The molecule has 0 aromatic heterocycles. The number of nitro benzene ring substituents is 1. The lowest BCUT2D eigenvalue weighted by molar-refractivity contribution is -0.385. The van der Waals surface area contributed by atoms with Gasteiger partial charge in [-0.2, -0.15) is 5.10 Å². The molecule has 0 aliphatic carbocycles. The Morgan fingerprint density at radius 2 is 1.78 bits per heavy atom. The van der Waals surface area contributed by atoms with E-state index in [0.29, 0.717) is 17.9 Å². The first kappa shape index (κ1) is 20.7. The number of ether oxygens (including phenoxy) is 2. The molecule has 1 N–H and O–H groups in total. The highest BCUT2D eigenvalue weighted by atomic mass is 16.7. The van der Waals surface area contributed by atoms with Crippen LogP contribution in [0, 0.1) is 10.1 Å². The number of rotatable bonds is 12. The molecule has 1 aromatic carbocycles. The van der Waals surface area contributed by atoms with Crippen molar-refractivity contribution in [3.8, 4) is 11.5 Å². The zero-order chi connectivity index (χ0) is 19.5. The lowest BCUT2D eigenvalue weighted by atomic mass is 10.1. The van der Waals surface area contributed by atoms with Crippen molar-refractivity contribution in [3.05, 3.63) is 27.8 Å². The van der Waals surface area contributed by atoms with Crippen LogP contribution in [0.4, 0.5) is 5.69 Å². The van der Waals surface area contributed by atoms with E-state index in [1.165, 1.54) is 50.5 Å². The number of hydrogen-bond donors (Lipinski definition) is 1. The highest BCUT2D eigenvalue weighted by Gasteiger charge is 2.22. The molecule has 1 aliphatic heterocycles. The second kappa shape index (κ2) is 11.2. The van der Waals surface area contributed by atoms with Crippen LogP contribution in [0.5, 0.6) is 11.5 Å². The molecule has 1 heterocycles. The van der Waals surface area contributed by atoms with E-state index >= 15 is 0 Å². The first-order valence-electron chi connectivity index (χ1n) is 9.51. The van der Waals surface area contributed by atoms with Crippen LogP contribution in [0.1, 0.15) is 70.3 Å². The predicted octanol–water partition coefficient (Wildman–Crippen LogP) is 4.30. The van der Waals surface area contributed by atoms with E-state index in [0.717, 1.165) is 19.3 Å². The van der Waals surface area contributed by atoms with Gasteiger partial charge in [0.05, 0.1) is 22.8 Å². The van der Waals surface area contributed by atoms with Crippen molar-refractivity contribution in [1.82, 2.24) is 5.43 Å². The Kier molecular flexibility index (Phi) is 8.54. The van der Waals surface area contributed by atoms with Gasteiger partial charge < -0.3 is 9.47 Å². The predicted molar refractivity (Wildman–Crippen MR) is 102 cm³/mol. The maximum atomic E-state index is 11.8. The molecule has 2 rings (SSSR count). The monoisotopic (exact) mass is 377 g/mol. The van der Waals surface area contributed by atoms with Crippen molar-refractivity contribution in [2.24, 2.45) is 5.10 Å². The lowest BCUT2D eigenvalue weighted by Gasteiger charge is -2.02. The zero-order valence-electron chi connectivity index (χ0n) is 15.7. The van der Waals surface area contributed by atoms with Gasteiger partial charge in [0.2, 0.25) is 12.7 Å². The molecule has 148 valence electrons. The number of fused-ring (bicyclic) bond motifs is 1. The maximum absolute atomic E-state index is 11.8. The van der Waals surface area contributed by atoms with Gasteiger partial charge in [-0.3, -0.25) is 14.9 Å². The van der Waals surface area contributed by atoms with Gasteiger partial charge in [-0.15, -0.1) is 0 Å². The molecule has 0 spiro atoms. The Hall–Kier alpha value is -2.64. The van der Waals surface area contributed by atoms with Gasteiger partial charge in [0, 0.05) is 6.42 Å². The average molecular weight is 377 g/mol. The lowest BCUT2D eigenvalue weighted by Crippen LogP contribution is -2.17. The molecule has 0 bridgehead atoms. The van der Waals surface area contributed by atoms with Crippen molar-refractivity contribution in [2.45, 2.75) is 64.7 Å². The first-order chi connectivity index (χ1) is 13.1. The number of nitro groups is 1. The van der Waals surface area contributed by atoms with Crippen LogP contribution in [-0.4, -0.2) is 23.8 Å². The van der Waals surface area contributed by atoms with E-state index in [2.05, 4.69) is 17.5 Å². The van der Waals surface area contributed by atoms with Crippen molar-refractivity contribution in [1.29, 1.82) is 0 Å². The van der Waals surface area contributed by atoms with Gasteiger partial charge in [-0.05, 0) is 12.5 Å². The number of amides is 1. The standard InChI is InChI=1S/C19H27N3O5/c1-2-3-4-5-6-7-8-9-10-19(23)21-20-13-15-11-17-18(27-14-26-17)12-16(15)22(24)25/h11-13H,2-10,14H2,1H3,(H,21,23). The van der Waals surface area contributed by atoms with E-state index in [1.54, 1.807) is 0 Å². The summed E-state index contributed by atoms with van der Waals surface area (Å²) in [6, 6.07) is 2.78. The molecular weight excluding hydrogens is 350 g/mol. The van der Waals surface area contributed by atoms with E-state index in [9.17, 15) is 14.9 Å². The Balaban J connectivity index is 1.72. The molecular formula is C19H27N3O5. The molecule has 0 saturated heterocycles. The molecule has 0 fully saturated rings. The molecule has 1 amide bonds. The van der Waals surface area contributed by atoms with Crippen LogP contribution in [0.2, 0.25) is 0 Å². The summed E-state index contributed by atoms with van der Waals surface area (Å²) in [5.74, 6) is 0.561. The summed E-state index contributed by atoms with van der Waals surface area (Å²) >= 11 is 0. The van der Waals surface area contributed by atoms with Gasteiger partial charge in [-0.25, -0.2) is 5.43 Å². The number of nitrogens with one attached hydrogen (secondary N) is 1. The van der Waals surface area contributed by atoms with Crippen molar-refractivity contribution in [2.75, 3.05) is 6.79 Å². The molecule has 1 aliphatic rings. The number of hydrogen-bond acceptors (Lipinski definition) is 6. The van der Waals surface area contributed by atoms with Crippen LogP contribution in [0.25, 0.3) is 0 Å². The molecule has 0 unspecified atom stereocenters. The van der Waals surface area contributed by atoms with Crippen LogP contribution in [0.3, 0.4) is 0 Å². The average Bonchev–Trinajstić information content (AvgIpc) is 3.10. The first-order valence-corrected chi connectivity index (χ1v) is 9.51. The number of nitrogens with zero attached hydrogens (tertiary/aromatic N) is 2. The third kappa shape index (κ3) is 6.88. The Morgan fingerprint density at radius 3 is 2.44 bits per heavy atom. The second-order valence-corrected chi connectivity index (χ2v) is 6.54. The highest BCUT2D eigenvalue weighted by Crippen LogP contribution is 2.37. The fourth-order valence-electron chi connectivity index (χ4n) is 2.86. The topological polar surface area (TPSA) is 103 Å². The third-order valence-electron chi connectivity index (χ3n) is 4.37. The van der Waals surface area contributed by atoms with Crippen LogP contribution in [-0.2, 0) is 4.79 Å². The summed E-state index contributed by atoms with van der Waals surface area (Å²) < 4.78 is 10.4. The summed E-state index contributed by atoms with van der Waals surface area (Å²) in [6.45, 7) is 2.23. The number of carbonyl (C=O) groups excluding carboxylic acids is 1. The Morgan fingerprint density at radius 1 is 1.15 bits per heavy atom. The number of hydrazone groups is 1. The molecule has 8 nitrogen and oxygen atoms in total. The number of benzene rings is 1. The van der Waals surface area contributed by atoms with Crippen LogP contribution < -0.4 is 14.9 Å². The fourth-order valence-corrected chi connectivity index (χ4v) is 2.86. The molecule has 0 saturated carbocycles. The Labute approximate surface area is 159 Å². The van der Waals surface area contributed by atoms with Gasteiger partial charge in [0.25, 0.3) is 5.69 Å². The van der Waals surface area contributed by atoms with Gasteiger partial charge in [0.15, 0.2) is 11.5 Å². The minimum absolute atomic E-state index is 0.0302. The minimum Gasteiger partial charge on any atom is -0.454 e. The Bertz CT molecular complexity index is 676. The van der Waals surface area contributed by atoms with Crippen molar-refractivity contribution < 1.29 is 19.2 Å². The van der Waals surface area contributed by atoms with Crippen LogP contribution >= 0.6 is 0 Å². The molecule has 27 heavy (non-hydrogen) atoms. The van der Waals surface area contributed by atoms with Crippen molar-refractivity contribution in [3.63, 3.8) is 0 Å². The second-order valence-electron chi connectivity index (χ2n) is 6.54. The van der Waals surface area contributed by atoms with Crippen LogP contribution in [0.15, 0.2) is 17.2 Å². The van der Waals surface area contributed by atoms with Crippen molar-refractivity contribution >= 4 is 17.8 Å². The summed E-state index contributed by atoms with van der Waals surface area (Å²) in [7, 11) is 0. The van der Waals surface area contributed by atoms with E-state index in [-0.39, 0.29) is 24.0 Å². The summed E-state index contributed by atoms with van der Waals surface area (Å²) in [5.41, 5.74) is 2.51. The SMILES string of the molecule is CCCCCCCCCCC(=O)NN=Cc1cc2c(cc1[N+](=O)[O-])OCO2. The zero-order valence-corrected chi connectivity index (χ0v) is 15.7. The molecule has 1 aromatic rings. The molecule has 0 radical (unpaired) electrons.